The average Bonchev–Trinajstić information content (AvgIpc) is 3.25. The molecule has 3 aromatic carbocycles. The van der Waals surface area contributed by atoms with Crippen LogP contribution in [0.3, 0.4) is 0 Å². The number of hydrogen-bond acceptors (Lipinski definition) is 5. The van der Waals surface area contributed by atoms with E-state index in [4.69, 9.17) is 25.8 Å². The van der Waals surface area contributed by atoms with Gasteiger partial charge in [0.15, 0.2) is 5.75 Å². The summed E-state index contributed by atoms with van der Waals surface area (Å²) in [5.74, 6) is 2.94. The molecule has 0 bridgehead atoms. The SMILES string of the molecule is COc1ccc(Oc2ccc(Cl)cc2NC(=O)c2ccc(OCc3nccn3C)cc2)cc1. The van der Waals surface area contributed by atoms with E-state index < -0.39 is 0 Å². The lowest BCUT2D eigenvalue weighted by atomic mass is 10.2. The van der Waals surface area contributed by atoms with Crippen LogP contribution in [0.25, 0.3) is 0 Å². The molecule has 1 aromatic heterocycles. The molecule has 1 amide bonds. The highest BCUT2D eigenvalue weighted by molar-refractivity contribution is 6.31. The summed E-state index contributed by atoms with van der Waals surface area (Å²) in [6.45, 7) is 0.337. The predicted molar refractivity (Wildman–Crippen MR) is 126 cm³/mol. The molecule has 0 radical (unpaired) electrons. The van der Waals surface area contributed by atoms with Gasteiger partial charge in [-0.1, -0.05) is 11.6 Å². The van der Waals surface area contributed by atoms with Crippen molar-refractivity contribution in [3.8, 4) is 23.0 Å². The lowest BCUT2D eigenvalue weighted by molar-refractivity contribution is 0.102. The summed E-state index contributed by atoms with van der Waals surface area (Å²) in [5.41, 5.74) is 0.924. The second-order valence-electron chi connectivity index (χ2n) is 7.14. The van der Waals surface area contributed by atoms with Gasteiger partial charge in [-0.2, -0.15) is 0 Å². The number of amides is 1. The molecule has 0 aliphatic heterocycles. The number of hydrogen-bond donors (Lipinski definition) is 1. The van der Waals surface area contributed by atoms with E-state index in [9.17, 15) is 4.79 Å². The second-order valence-corrected chi connectivity index (χ2v) is 7.58. The quantitative estimate of drug-likeness (QED) is 0.362. The highest BCUT2D eigenvalue weighted by Gasteiger charge is 2.12. The topological polar surface area (TPSA) is 74.6 Å². The fourth-order valence-corrected chi connectivity index (χ4v) is 3.21. The molecule has 1 N–H and O–H groups in total. The molecule has 1 heterocycles. The number of benzene rings is 3. The van der Waals surface area contributed by atoms with E-state index in [1.807, 2.05) is 17.8 Å². The molecule has 0 aliphatic rings. The number of ether oxygens (including phenoxy) is 3. The third-order valence-electron chi connectivity index (χ3n) is 4.88. The van der Waals surface area contributed by atoms with Gasteiger partial charge in [-0.25, -0.2) is 4.98 Å². The van der Waals surface area contributed by atoms with E-state index in [-0.39, 0.29) is 5.91 Å². The van der Waals surface area contributed by atoms with Crippen LogP contribution in [-0.2, 0) is 13.7 Å². The van der Waals surface area contributed by atoms with Crippen LogP contribution in [0.2, 0.25) is 5.02 Å². The third kappa shape index (κ3) is 5.64. The summed E-state index contributed by atoms with van der Waals surface area (Å²) in [5, 5.41) is 3.34. The molecule has 0 spiro atoms. The Bertz CT molecular complexity index is 1240. The molecule has 0 atom stereocenters. The van der Waals surface area contributed by atoms with Crippen LogP contribution in [0.1, 0.15) is 16.2 Å². The van der Waals surface area contributed by atoms with Gasteiger partial charge in [-0.05, 0) is 66.7 Å². The monoisotopic (exact) mass is 463 g/mol. The number of aromatic nitrogens is 2. The lowest BCUT2D eigenvalue weighted by Crippen LogP contribution is -2.12. The Kier molecular flexibility index (Phi) is 6.80. The number of halogens is 1. The van der Waals surface area contributed by atoms with Crippen LogP contribution in [-0.4, -0.2) is 22.6 Å². The minimum absolute atomic E-state index is 0.299. The Labute approximate surface area is 196 Å². The molecule has 33 heavy (non-hydrogen) atoms. The molecule has 0 saturated heterocycles. The summed E-state index contributed by atoms with van der Waals surface area (Å²) in [4.78, 5) is 17.1. The van der Waals surface area contributed by atoms with Gasteiger partial charge in [0, 0.05) is 30.0 Å². The number of carbonyl (C=O) groups is 1. The number of nitrogens with zero attached hydrogens (tertiary/aromatic N) is 2. The van der Waals surface area contributed by atoms with Crippen molar-refractivity contribution in [2.24, 2.45) is 7.05 Å². The van der Waals surface area contributed by atoms with Crippen molar-refractivity contribution in [2.75, 3.05) is 12.4 Å². The zero-order chi connectivity index (χ0) is 23.2. The number of imidazole rings is 1. The van der Waals surface area contributed by atoms with Gasteiger partial charge in [0.2, 0.25) is 0 Å². The standard InChI is InChI=1S/C25H22ClN3O4/c1-29-14-13-27-24(29)16-32-20-6-3-17(4-7-20)25(30)28-22-15-18(26)5-12-23(22)33-21-10-8-19(31-2)9-11-21/h3-15H,16H2,1-2H3,(H,28,30). The highest BCUT2D eigenvalue weighted by Crippen LogP contribution is 2.33. The summed E-state index contributed by atoms with van der Waals surface area (Å²) in [6, 6.07) is 19.1. The molecule has 0 unspecified atom stereocenters. The Balaban J connectivity index is 1.44. The van der Waals surface area contributed by atoms with Gasteiger partial charge in [-0.3, -0.25) is 4.79 Å². The van der Waals surface area contributed by atoms with Gasteiger partial charge in [0.05, 0.1) is 12.8 Å². The number of nitrogens with one attached hydrogen (secondary N) is 1. The van der Waals surface area contributed by atoms with Crippen LogP contribution in [0.4, 0.5) is 5.69 Å². The molecule has 0 fully saturated rings. The molecular weight excluding hydrogens is 442 g/mol. The zero-order valence-corrected chi connectivity index (χ0v) is 18.9. The van der Waals surface area contributed by atoms with Crippen molar-refractivity contribution in [1.29, 1.82) is 0 Å². The van der Waals surface area contributed by atoms with E-state index in [0.29, 0.717) is 40.1 Å². The predicted octanol–water partition coefficient (Wildman–Crippen LogP) is 5.71. The summed E-state index contributed by atoms with van der Waals surface area (Å²) in [7, 11) is 3.50. The second kappa shape index (κ2) is 10.1. The van der Waals surface area contributed by atoms with Crippen molar-refractivity contribution in [2.45, 2.75) is 6.61 Å². The fraction of sp³-hybridized carbons (Fsp3) is 0.120. The third-order valence-corrected chi connectivity index (χ3v) is 5.12. The molecule has 4 aromatic rings. The molecule has 7 nitrogen and oxygen atoms in total. The van der Waals surface area contributed by atoms with Crippen LogP contribution >= 0.6 is 11.6 Å². The maximum absolute atomic E-state index is 12.8. The van der Waals surface area contributed by atoms with E-state index >= 15 is 0 Å². The normalized spacial score (nSPS) is 10.5. The first-order valence-electron chi connectivity index (χ1n) is 10.1. The highest BCUT2D eigenvalue weighted by atomic mass is 35.5. The summed E-state index contributed by atoms with van der Waals surface area (Å²) < 4.78 is 18.7. The van der Waals surface area contributed by atoms with Crippen LogP contribution in [0.15, 0.2) is 79.1 Å². The minimum atomic E-state index is -0.299. The fourth-order valence-electron chi connectivity index (χ4n) is 3.04. The van der Waals surface area contributed by atoms with Crippen molar-refractivity contribution in [3.05, 3.63) is 95.5 Å². The maximum Gasteiger partial charge on any atom is 0.255 e. The Morgan fingerprint density at radius 3 is 2.36 bits per heavy atom. The summed E-state index contributed by atoms with van der Waals surface area (Å²) in [6.07, 6.45) is 3.57. The first kappa shape index (κ1) is 22.2. The molecule has 4 rings (SSSR count). The average molecular weight is 464 g/mol. The van der Waals surface area contributed by atoms with E-state index in [2.05, 4.69) is 10.3 Å². The van der Waals surface area contributed by atoms with Gasteiger partial charge >= 0.3 is 0 Å². The Morgan fingerprint density at radius 1 is 1.00 bits per heavy atom. The first-order valence-corrected chi connectivity index (χ1v) is 10.5. The van der Waals surface area contributed by atoms with Gasteiger partial charge < -0.3 is 24.1 Å². The smallest absolute Gasteiger partial charge is 0.255 e. The van der Waals surface area contributed by atoms with Crippen molar-refractivity contribution < 1.29 is 19.0 Å². The van der Waals surface area contributed by atoms with E-state index in [1.165, 1.54) is 0 Å². The van der Waals surface area contributed by atoms with Gasteiger partial charge in [0.25, 0.3) is 5.91 Å². The molecule has 8 heteroatoms. The van der Waals surface area contributed by atoms with E-state index in [1.54, 1.807) is 80.0 Å². The number of carbonyl (C=O) groups excluding carboxylic acids is 1. The number of methoxy groups -OCH3 is 1. The molecule has 168 valence electrons. The molecule has 0 saturated carbocycles. The molecular formula is C25H22ClN3O4. The summed E-state index contributed by atoms with van der Waals surface area (Å²) >= 11 is 6.15. The van der Waals surface area contributed by atoms with Crippen LogP contribution in [0, 0.1) is 0 Å². The first-order chi connectivity index (χ1) is 16.0. The number of anilines is 1. The van der Waals surface area contributed by atoms with Crippen LogP contribution in [0.5, 0.6) is 23.0 Å². The van der Waals surface area contributed by atoms with Crippen LogP contribution < -0.4 is 19.5 Å². The molecule has 0 aliphatic carbocycles. The largest absolute Gasteiger partial charge is 0.497 e. The van der Waals surface area contributed by atoms with E-state index in [0.717, 1.165) is 11.6 Å². The maximum atomic E-state index is 12.8. The Morgan fingerprint density at radius 2 is 1.70 bits per heavy atom. The van der Waals surface area contributed by atoms with Crippen molar-refractivity contribution in [1.82, 2.24) is 9.55 Å². The van der Waals surface area contributed by atoms with Gasteiger partial charge in [-0.15, -0.1) is 0 Å². The number of aryl methyl sites for hydroxylation is 1. The zero-order valence-electron chi connectivity index (χ0n) is 18.1. The lowest BCUT2D eigenvalue weighted by Gasteiger charge is -2.13. The Hall–Kier alpha value is -3.97. The number of rotatable bonds is 8. The minimum Gasteiger partial charge on any atom is -0.497 e. The van der Waals surface area contributed by atoms with Gasteiger partial charge in [0.1, 0.15) is 29.7 Å². The van der Waals surface area contributed by atoms with Crippen molar-refractivity contribution in [3.63, 3.8) is 0 Å². The van der Waals surface area contributed by atoms with Crippen molar-refractivity contribution >= 4 is 23.2 Å².